The molecule has 0 aliphatic carbocycles. The van der Waals surface area contributed by atoms with Gasteiger partial charge in [-0.15, -0.1) is 0 Å². The Hall–Kier alpha value is -3.14. The third-order valence-electron chi connectivity index (χ3n) is 6.03. The lowest BCUT2D eigenvalue weighted by Gasteiger charge is -2.33. The van der Waals surface area contributed by atoms with Gasteiger partial charge in [0.15, 0.2) is 5.82 Å². The van der Waals surface area contributed by atoms with Gasteiger partial charge in [0, 0.05) is 50.7 Å². The van der Waals surface area contributed by atoms with E-state index < -0.39 is 17.6 Å². The topological polar surface area (TPSA) is 62.7 Å². The van der Waals surface area contributed by atoms with Crippen LogP contribution >= 0.6 is 11.3 Å². The monoisotopic (exact) mass is 475 g/mol. The number of piperidine rings is 1. The van der Waals surface area contributed by atoms with Crippen molar-refractivity contribution in [2.45, 2.75) is 25.4 Å². The van der Waals surface area contributed by atoms with Crippen LogP contribution in [0.3, 0.4) is 0 Å². The van der Waals surface area contributed by atoms with Crippen LogP contribution in [-0.4, -0.2) is 47.4 Å². The van der Waals surface area contributed by atoms with Crippen LogP contribution in [0.15, 0.2) is 36.4 Å². The molecule has 2 aliphatic heterocycles. The Bertz CT molecular complexity index is 1210. The summed E-state index contributed by atoms with van der Waals surface area (Å²) >= 11 is 1.09. The normalized spacial score (nSPS) is 19.5. The first-order valence-electron chi connectivity index (χ1n) is 10.6. The molecule has 0 saturated carbocycles. The van der Waals surface area contributed by atoms with Gasteiger partial charge in [-0.1, -0.05) is 11.3 Å². The third-order valence-corrected chi connectivity index (χ3v) is 6.92. The first-order chi connectivity index (χ1) is 15.9. The number of halogens is 3. The Labute approximate surface area is 191 Å². The van der Waals surface area contributed by atoms with Crippen LogP contribution in [0, 0.1) is 23.4 Å². The quantitative estimate of drug-likeness (QED) is 0.569. The van der Waals surface area contributed by atoms with E-state index in [0.717, 1.165) is 17.4 Å². The molecule has 172 valence electrons. The van der Waals surface area contributed by atoms with Gasteiger partial charge >= 0.3 is 0 Å². The van der Waals surface area contributed by atoms with Crippen LogP contribution in [-0.2, 0) is 9.59 Å². The molecule has 6 nitrogen and oxygen atoms in total. The molecule has 3 heterocycles. The summed E-state index contributed by atoms with van der Waals surface area (Å²) in [5.74, 6) is -2.45. The van der Waals surface area contributed by atoms with E-state index in [1.54, 1.807) is 4.90 Å². The number of hydrogen-bond acceptors (Lipinski definition) is 5. The average Bonchev–Trinajstić information content (AvgIpc) is 3.37. The number of amides is 2. The van der Waals surface area contributed by atoms with Crippen molar-refractivity contribution < 1.29 is 27.5 Å². The van der Waals surface area contributed by atoms with Crippen LogP contribution in [0.25, 0.3) is 10.2 Å². The Balaban J connectivity index is 1.17. The van der Waals surface area contributed by atoms with Crippen LogP contribution < -0.4 is 9.64 Å². The number of ether oxygens (including phenoxy) is 1. The summed E-state index contributed by atoms with van der Waals surface area (Å²) in [6, 6.07) is 7.66. The summed E-state index contributed by atoms with van der Waals surface area (Å²) in [5, 5.41) is 0.274. The molecule has 0 radical (unpaired) electrons. The molecule has 1 aromatic heterocycles. The minimum atomic E-state index is -0.725. The van der Waals surface area contributed by atoms with Crippen molar-refractivity contribution in [2.75, 3.05) is 24.5 Å². The maximum atomic E-state index is 13.9. The highest BCUT2D eigenvalue weighted by molar-refractivity contribution is 7.20. The molecule has 0 spiro atoms. The van der Waals surface area contributed by atoms with Crippen LogP contribution in [0.5, 0.6) is 5.19 Å². The number of rotatable bonds is 4. The molecule has 33 heavy (non-hydrogen) atoms. The van der Waals surface area contributed by atoms with E-state index in [0.29, 0.717) is 36.3 Å². The molecule has 2 amide bonds. The number of carbonyl (C=O) groups is 2. The lowest BCUT2D eigenvalue weighted by atomic mass is 10.0. The van der Waals surface area contributed by atoms with E-state index in [1.807, 2.05) is 0 Å². The molecule has 0 bridgehead atoms. The fourth-order valence-corrected chi connectivity index (χ4v) is 5.25. The Morgan fingerprint density at radius 1 is 1.06 bits per heavy atom. The summed E-state index contributed by atoms with van der Waals surface area (Å²) in [7, 11) is 0. The molecular weight excluding hydrogens is 455 g/mol. The molecule has 2 aromatic carbocycles. The van der Waals surface area contributed by atoms with E-state index in [9.17, 15) is 22.8 Å². The summed E-state index contributed by atoms with van der Waals surface area (Å²) in [6.07, 6.45) is 1.07. The first-order valence-corrected chi connectivity index (χ1v) is 11.5. The van der Waals surface area contributed by atoms with Crippen molar-refractivity contribution in [3.05, 3.63) is 53.8 Å². The number of benzene rings is 2. The maximum absolute atomic E-state index is 13.9. The zero-order chi connectivity index (χ0) is 23.1. The molecule has 5 rings (SSSR count). The minimum Gasteiger partial charge on any atom is -0.467 e. The molecule has 3 aromatic rings. The number of nitrogens with zero attached hydrogens (tertiary/aromatic N) is 3. The van der Waals surface area contributed by atoms with Gasteiger partial charge < -0.3 is 14.5 Å². The van der Waals surface area contributed by atoms with Gasteiger partial charge in [-0.05, 0) is 30.3 Å². The number of fused-ring (bicyclic) bond motifs is 1. The van der Waals surface area contributed by atoms with Gasteiger partial charge in [-0.3, -0.25) is 9.59 Å². The number of hydrogen-bond donors (Lipinski definition) is 0. The smallest absolute Gasteiger partial charge is 0.274 e. The van der Waals surface area contributed by atoms with Crippen molar-refractivity contribution in [1.29, 1.82) is 0 Å². The van der Waals surface area contributed by atoms with Crippen LogP contribution in [0.2, 0.25) is 0 Å². The second-order valence-electron chi connectivity index (χ2n) is 8.24. The number of likely N-dealkylation sites (tertiary alicyclic amines) is 1. The van der Waals surface area contributed by atoms with Gasteiger partial charge in [0.1, 0.15) is 23.3 Å². The molecular formula is C23H20F3N3O3S. The Morgan fingerprint density at radius 2 is 1.79 bits per heavy atom. The highest BCUT2D eigenvalue weighted by Crippen LogP contribution is 2.32. The number of aromatic nitrogens is 1. The molecule has 2 saturated heterocycles. The second-order valence-corrected chi connectivity index (χ2v) is 9.23. The van der Waals surface area contributed by atoms with Crippen LogP contribution in [0.4, 0.5) is 18.9 Å². The summed E-state index contributed by atoms with van der Waals surface area (Å²) in [4.78, 5) is 32.8. The van der Waals surface area contributed by atoms with Gasteiger partial charge in [0.05, 0.1) is 10.6 Å². The zero-order valence-corrected chi connectivity index (χ0v) is 18.3. The highest BCUT2D eigenvalue weighted by Gasteiger charge is 2.38. The molecule has 1 atom stereocenters. The lowest BCUT2D eigenvalue weighted by molar-refractivity contribution is -0.137. The number of thiazole rings is 1. The van der Waals surface area contributed by atoms with E-state index in [2.05, 4.69) is 4.98 Å². The fraction of sp³-hybridized carbons (Fsp3) is 0.348. The SMILES string of the molecule is O=C(C1CC(=O)N(c2ccc(F)cc2)C1)N1CCC(Oc2nc3c(F)cc(F)cc3s2)CC1. The van der Waals surface area contributed by atoms with E-state index in [4.69, 9.17) is 4.74 Å². The van der Waals surface area contributed by atoms with Crippen molar-refractivity contribution in [3.8, 4) is 5.19 Å². The van der Waals surface area contributed by atoms with Crippen molar-refractivity contribution >= 4 is 39.1 Å². The third kappa shape index (κ3) is 4.39. The van der Waals surface area contributed by atoms with Gasteiger partial charge in [0.25, 0.3) is 5.19 Å². The maximum Gasteiger partial charge on any atom is 0.274 e. The molecule has 1 unspecified atom stereocenters. The zero-order valence-electron chi connectivity index (χ0n) is 17.5. The molecule has 10 heteroatoms. The first kappa shape index (κ1) is 21.7. The second kappa shape index (κ2) is 8.66. The Kier molecular flexibility index (Phi) is 5.69. The van der Waals surface area contributed by atoms with Gasteiger partial charge in [0.2, 0.25) is 11.8 Å². The standard InChI is InChI=1S/C23H20F3N3O3S/c24-14-1-3-16(4-2-14)29-12-13(9-20(29)30)22(31)28-7-5-17(6-8-28)32-23-27-21-18(26)10-15(25)11-19(21)33-23/h1-4,10-11,13,17H,5-9,12H2. The predicted molar refractivity (Wildman–Crippen MR) is 117 cm³/mol. The number of carbonyl (C=O) groups excluding carboxylic acids is 2. The van der Waals surface area contributed by atoms with Crippen molar-refractivity contribution in [1.82, 2.24) is 9.88 Å². The predicted octanol–water partition coefficient (Wildman–Crippen LogP) is 4.14. The lowest BCUT2D eigenvalue weighted by Crippen LogP contribution is -2.44. The molecule has 0 N–H and O–H groups in total. The largest absolute Gasteiger partial charge is 0.467 e. The number of anilines is 1. The molecule has 2 fully saturated rings. The van der Waals surface area contributed by atoms with E-state index >= 15 is 0 Å². The molecule has 2 aliphatic rings. The van der Waals surface area contributed by atoms with Crippen LogP contribution in [0.1, 0.15) is 19.3 Å². The van der Waals surface area contributed by atoms with Gasteiger partial charge in [-0.25, -0.2) is 13.2 Å². The fourth-order valence-electron chi connectivity index (χ4n) is 4.33. The summed E-state index contributed by atoms with van der Waals surface area (Å²) in [6.45, 7) is 1.21. The summed E-state index contributed by atoms with van der Waals surface area (Å²) < 4.78 is 46.7. The highest BCUT2D eigenvalue weighted by atomic mass is 32.1. The minimum absolute atomic E-state index is 0.0797. The Morgan fingerprint density at radius 3 is 2.52 bits per heavy atom. The average molecular weight is 475 g/mol. The van der Waals surface area contributed by atoms with E-state index in [1.165, 1.54) is 35.2 Å². The summed E-state index contributed by atoms with van der Waals surface area (Å²) in [5.41, 5.74) is 0.664. The van der Waals surface area contributed by atoms with E-state index in [-0.39, 0.29) is 47.4 Å². The van der Waals surface area contributed by atoms with Crippen molar-refractivity contribution in [2.24, 2.45) is 5.92 Å². The van der Waals surface area contributed by atoms with Gasteiger partial charge in [-0.2, -0.15) is 4.98 Å². The van der Waals surface area contributed by atoms with Crippen molar-refractivity contribution in [3.63, 3.8) is 0 Å².